The third-order valence-electron chi connectivity index (χ3n) is 10.7. The van der Waals surface area contributed by atoms with Gasteiger partial charge in [-0.2, -0.15) is 0 Å². The molecule has 5 aliphatic rings. The molecule has 17 N–H and O–H groups in total. The summed E-state index contributed by atoms with van der Waals surface area (Å²) in [5, 5.41) is 176. The van der Waals surface area contributed by atoms with Crippen molar-refractivity contribution in [1.82, 2.24) is 0 Å². The van der Waals surface area contributed by atoms with Gasteiger partial charge < -0.3 is 129 Å². The van der Waals surface area contributed by atoms with Crippen LogP contribution in [-0.4, -0.2) is 273 Å². The van der Waals surface area contributed by atoms with Gasteiger partial charge in [-0.1, -0.05) is 0 Å². The maximum atomic E-state index is 11.4. The summed E-state index contributed by atoms with van der Waals surface area (Å²) < 4.78 is 49.8. The molecule has 5 heterocycles. The van der Waals surface area contributed by atoms with Gasteiger partial charge in [-0.3, -0.25) is 0 Å². The highest BCUT2D eigenvalue weighted by Crippen LogP contribution is 2.42. The Morgan fingerprint density at radius 3 is 1.12 bits per heavy atom. The van der Waals surface area contributed by atoms with Gasteiger partial charge in [-0.15, -0.1) is 0 Å². The predicted octanol–water partition coefficient (Wildman–Crippen LogP) is -11.9. The summed E-state index contributed by atoms with van der Waals surface area (Å²) in [6, 6.07) is 0. The average molecular weight is 829 g/mol. The summed E-state index contributed by atoms with van der Waals surface area (Å²) in [5.74, 6) is -10.2. The third kappa shape index (κ3) is 7.97. The lowest BCUT2D eigenvalue weighted by atomic mass is 9.99. The molecule has 0 aromatic carbocycles. The van der Waals surface area contributed by atoms with Gasteiger partial charge in [0.25, 0.3) is 0 Å². The molecule has 0 unspecified atom stereocenters. The van der Waals surface area contributed by atoms with Gasteiger partial charge in [-0.05, 0) is 0 Å². The molecule has 26 heteroatoms. The molecule has 5 aliphatic heterocycles. The van der Waals surface area contributed by atoms with Crippen molar-refractivity contribution in [3.63, 3.8) is 0 Å². The lowest BCUT2D eigenvalue weighted by Gasteiger charge is -2.44. The zero-order valence-corrected chi connectivity index (χ0v) is 29.5. The van der Waals surface area contributed by atoms with Crippen LogP contribution in [0.1, 0.15) is 0 Å². The molecule has 56 heavy (non-hydrogen) atoms. The highest BCUT2D eigenvalue weighted by molar-refractivity contribution is 5.04. The molecular formula is C30H52O26. The molecule has 0 aliphatic carbocycles. The van der Waals surface area contributed by atoms with Gasteiger partial charge in [0.2, 0.25) is 23.1 Å². The molecule has 0 radical (unpaired) electrons. The quantitative estimate of drug-likeness (QED) is 0.0647. The van der Waals surface area contributed by atoms with Gasteiger partial charge in [-0.25, -0.2) is 0 Å². The Hall–Kier alpha value is -1.04. The van der Waals surface area contributed by atoms with E-state index in [1.165, 1.54) is 0 Å². The lowest BCUT2D eigenvalue weighted by molar-refractivity contribution is -0.401. The van der Waals surface area contributed by atoms with E-state index in [-0.39, 0.29) is 0 Å². The summed E-state index contributed by atoms with van der Waals surface area (Å²) >= 11 is 0. The second-order valence-corrected chi connectivity index (χ2v) is 14.2. The topological polar surface area (TPSA) is 427 Å². The van der Waals surface area contributed by atoms with Crippen molar-refractivity contribution in [1.29, 1.82) is 0 Å². The zero-order chi connectivity index (χ0) is 41.5. The molecule has 5 saturated heterocycles. The lowest BCUT2D eigenvalue weighted by Crippen LogP contribution is -2.63. The van der Waals surface area contributed by atoms with E-state index in [4.69, 9.17) is 42.6 Å². The summed E-state index contributed by atoms with van der Waals surface area (Å²) in [7, 11) is 0. The molecule has 0 saturated carbocycles. The summed E-state index contributed by atoms with van der Waals surface area (Å²) in [6.45, 7) is -8.98. The molecule has 0 aromatic rings. The number of rotatable bonds is 17. The molecule has 0 spiro atoms. The molecule has 26 nitrogen and oxygen atoms in total. The first-order valence-electron chi connectivity index (χ1n) is 17.5. The van der Waals surface area contributed by atoms with Gasteiger partial charge >= 0.3 is 0 Å². The first-order valence-corrected chi connectivity index (χ1v) is 17.5. The zero-order valence-electron chi connectivity index (χ0n) is 29.5. The molecule has 5 fully saturated rings. The summed E-state index contributed by atoms with van der Waals surface area (Å²) in [4.78, 5) is 0. The second kappa shape index (κ2) is 17.9. The number of aliphatic hydroxyl groups excluding tert-OH is 17. The minimum atomic E-state index is -2.80. The smallest absolute Gasteiger partial charge is 0.224 e. The first kappa shape index (κ1) is 46.0. The Labute approximate surface area is 316 Å². The Balaban J connectivity index is 1.35. The van der Waals surface area contributed by atoms with E-state index in [9.17, 15) is 86.8 Å². The predicted molar refractivity (Wildman–Crippen MR) is 167 cm³/mol. The van der Waals surface area contributed by atoms with E-state index in [0.29, 0.717) is 0 Å². The van der Waals surface area contributed by atoms with Crippen molar-refractivity contribution in [2.45, 2.75) is 127 Å². The van der Waals surface area contributed by atoms with Crippen LogP contribution < -0.4 is 0 Å². The van der Waals surface area contributed by atoms with Crippen molar-refractivity contribution in [2.75, 3.05) is 59.5 Å². The number of hydrogen-bond acceptors (Lipinski definition) is 26. The van der Waals surface area contributed by atoms with Crippen molar-refractivity contribution in [3.8, 4) is 0 Å². The Morgan fingerprint density at radius 1 is 0.375 bits per heavy atom. The molecule has 0 aromatic heterocycles. The number of aliphatic hydroxyl groups is 17. The average Bonchev–Trinajstić information content (AvgIpc) is 3.80. The van der Waals surface area contributed by atoms with Crippen LogP contribution in [0.2, 0.25) is 0 Å². The molecule has 0 amide bonds. The Bertz CT molecular complexity index is 1270. The summed E-state index contributed by atoms with van der Waals surface area (Å²) in [5.41, 5.74) is 0. The van der Waals surface area contributed by atoms with Crippen LogP contribution in [0.5, 0.6) is 0 Å². The molecular weight excluding hydrogens is 776 g/mol. The largest absolute Gasteiger partial charge is 0.394 e. The van der Waals surface area contributed by atoms with Gasteiger partial charge in [0.15, 0.2) is 6.29 Å². The van der Waals surface area contributed by atoms with Crippen LogP contribution in [0, 0.1) is 0 Å². The number of hydrogen-bond donors (Lipinski definition) is 17. The fourth-order valence-corrected chi connectivity index (χ4v) is 7.16. The van der Waals surface area contributed by atoms with Gasteiger partial charge in [0.1, 0.15) is 124 Å². The molecule has 328 valence electrons. The SMILES string of the molecule is OC[C@H]1O[C@@](CO)(OC[C@H]2O[C@@](CO)(OC[C@H]3O[C@@](CO[C@]4(CO)O[C@H](CO)[C@@H](O)[C@@H]4O)(O[C@H]4O[C@H](CO)[C@@H](O)[C@H](O)[C@H]4O)[C@@H](O)[C@@H]3O)[C@@H](O)[C@@H]2O)[C@@H](O)[C@@H]1O. The fraction of sp³-hybridized carbons (Fsp3) is 1.00. The maximum absolute atomic E-state index is 11.4. The second-order valence-electron chi connectivity index (χ2n) is 14.2. The van der Waals surface area contributed by atoms with Crippen LogP contribution >= 0.6 is 0 Å². The van der Waals surface area contributed by atoms with Crippen LogP contribution in [0.3, 0.4) is 0 Å². The highest BCUT2D eigenvalue weighted by Gasteiger charge is 2.64. The minimum Gasteiger partial charge on any atom is -0.394 e. The van der Waals surface area contributed by atoms with E-state index in [2.05, 4.69) is 0 Å². The van der Waals surface area contributed by atoms with E-state index >= 15 is 0 Å². The van der Waals surface area contributed by atoms with E-state index in [1.54, 1.807) is 0 Å². The third-order valence-corrected chi connectivity index (χ3v) is 10.7. The van der Waals surface area contributed by atoms with Crippen molar-refractivity contribution >= 4 is 0 Å². The van der Waals surface area contributed by atoms with Crippen molar-refractivity contribution in [2.24, 2.45) is 0 Å². The van der Waals surface area contributed by atoms with E-state index in [0.717, 1.165) is 0 Å². The van der Waals surface area contributed by atoms with Gasteiger partial charge in [0, 0.05) is 0 Å². The fourth-order valence-electron chi connectivity index (χ4n) is 7.16. The molecule has 21 atom stereocenters. The maximum Gasteiger partial charge on any atom is 0.224 e. The first-order chi connectivity index (χ1) is 26.4. The standard InChI is InChI=1S/C30H52O26/c31-1-10-15(37)20(42)21(43)26(51-10)56-30(9-50-29(8-36)23(45)17(39)12(3-33)53-29)25(47)19(41)14(55-30)5-49-28(7-35)24(46)18(40)13(54-28)4-48-27(6-34)22(44)16(38)11(2-32)52-27/h10-26,31-47H,1-9H2/t10-,11-,12-,13-,14-,15-,16-,17-,18-,19-,20+,21-,22+,23+,24+,25+,26-,27-,28-,29-,30+/m1/s1. The summed E-state index contributed by atoms with van der Waals surface area (Å²) in [6.07, 6.45) is -31.9. The van der Waals surface area contributed by atoms with Gasteiger partial charge in [0.05, 0.1) is 33.0 Å². The minimum absolute atomic E-state index is 0.776. The van der Waals surface area contributed by atoms with Crippen LogP contribution in [0.4, 0.5) is 0 Å². The number of ether oxygens (including phenoxy) is 9. The molecule has 5 rings (SSSR count). The molecule has 0 bridgehead atoms. The Morgan fingerprint density at radius 2 is 0.732 bits per heavy atom. The van der Waals surface area contributed by atoms with Crippen LogP contribution in [0.25, 0.3) is 0 Å². The van der Waals surface area contributed by atoms with Crippen molar-refractivity contribution in [3.05, 3.63) is 0 Å². The van der Waals surface area contributed by atoms with E-state index in [1.807, 2.05) is 0 Å². The van der Waals surface area contributed by atoms with Crippen LogP contribution in [0.15, 0.2) is 0 Å². The monoisotopic (exact) mass is 828 g/mol. The van der Waals surface area contributed by atoms with Crippen LogP contribution in [-0.2, 0) is 42.6 Å². The Kier molecular flexibility index (Phi) is 14.7. The highest BCUT2D eigenvalue weighted by atomic mass is 16.8. The van der Waals surface area contributed by atoms with E-state index < -0.39 is 187 Å². The van der Waals surface area contributed by atoms with Crippen molar-refractivity contribution < 1.29 is 129 Å². The normalized spacial score (nSPS) is 52.3.